The molecule has 2 rings (SSSR count). The van der Waals surface area contributed by atoms with Crippen LogP contribution in [0, 0.1) is 17.0 Å². The van der Waals surface area contributed by atoms with Crippen molar-refractivity contribution < 1.29 is 13.7 Å². The van der Waals surface area contributed by atoms with Gasteiger partial charge in [-0.05, 0) is 18.1 Å². The fourth-order valence-electron chi connectivity index (χ4n) is 2.01. The zero-order valence-corrected chi connectivity index (χ0v) is 11.3. The standard InChI is InChI=1S/C15H14F2N2O2/c1-10-3-2-4-13(19(20)21)14(10)18-9-11-5-7-12(8-6-11)15(16)17/h2-8,15,18H,9H2,1H3. The van der Waals surface area contributed by atoms with Crippen LogP contribution in [-0.2, 0) is 6.54 Å². The molecule has 0 saturated carbocycles. The third-order valence-electron chi connectivity index (χ3n) is 3.15. The summed E-state index contributed by atoms with van der Waals surface area (Å²) in [6, 6.07) is 10.7. The Morgan fingerprint density at radius 3 is 2.43 bits per heavy atom. The number of benzene rings is 2. The Kier molecular flexibility index (Phi) is 4.47. The lowest BCUT2D eigenvalue weighted by molar-refractivity contribution is -0.384. The first-order valence-corrected chi connectivity index (χ1v) is 6.34. The van der Waals surface area contributed by atoms with Gasteiger partial charge in [0.15, 0.2) is 0 Å². The summed E-state index contributed by atoms with van der Waals surface area (Å²) in [7, 11) is 0. The molecule has 0 radical (unpaired) electrons. The summed E-state index contributed by atoms with van der Waals surface area (Å²) in [5.74, 6) is 0. The first kappa shape index (κ1) is 14.9. The molecule has 0 fully saturated rings. The minimum Gasteiger partial charge on any atom is -0.375 e. The Bertz CT molecular complexity index is 643. The van der Waals surface area contributed by atoms with Crippen LogP contribution in [0.2, 0.25) is 0 Å². The quantitative estimate of drug-likeness (QED) is 0.654. The predicted molar refractivity (Wildman–Crippen MR) is 76.6 cm³/mol. The zero-order valence-electron chi connectivity index (χ0n) is 11.3. The smallest absolute Gasteiger partial charge is 0.292 e. The van der Waals surface area contributed by atoms with Crippen molar-refractivity contribution in [1.82, 2.24) is 0 Å². The lowest BCUT2D eigenvalue weighted by Gasteiger charge is -2.10. The van der Waals surface area contributed by atoms with Gasteiger partial charge in [0.05, 0.1) is 4.92 Å². The van der Waals surface area contributed by atoms with Crippen molar-refractivity contribution in [2.24, 2.45) is 0 Å². The topological polar surface area (TPSA) is 55.2 Å². The second-order valence-corrected chi connectivity index (χ2v) is 4.62. The Balaban J connectivity index is 2.15. The SMILES string of the molecule is Cc1cccc([N+](=O)[O-])c1NCc1ccc(C(F)F)cc1. The number of anilines is 1. The molecule has 6 heteroatoms. The van der Waals surface area contributed by atoms with Crippen LogP contribution in [0.15, 0.2) is 42.5 Å². The first-order chi connectivity index (χ1) is 9.99. The number of hydrogen-bond acceptors (Lipinski definition) is 3. The number of nitrogens with zero attached hydrogens (tertiary/aromatic N) is 1. The van der Waals surface area contributed by atoms with Crippen LogP contribution in [0.25, 0.3) is 0 Å². The van der Waals surface area contributed by atoms with E-state index < -0.39 is 11.3 Å². The summed E-state index contributed by atoms with van der Waals surface area (Å²) < 4.78 is 24.9. The molecule has 0 aromatic heterocycles. The van der Waals surface area contributed by atoms with E-state index in [9.17, 15) is 18.9 Å². The van der Waals surface area contributed by atoms with Crippen molar-refractivity contribution in [2.75, 3.05) is 5.32 Å². The van der Waals surface area contributed by atoms with E-state index >= 15 is 0 Å². The van der Waals surface area contributed by atoms with Crippen molar-refractivity contribution in [3.63, 3.8) is 0 Å². The third-order valence-corrected chi connectivity index (χ3v) is 3.15. The van der Waals surface area contributed by atoms with E-state index in [1.165, 1.54) is 18.2 Å². The lowest BCUT2D eigenvalue weighted by atomic mass is 10.1. The maximum absolute atomic E-state index is 12.5. The molecule has 0 bridgehead atoms. The van der Waals surface area contributed by atoms with Crippen molar-refractivity contribution >= 4 is 11.4 Å². The molecule has 0 aliphatic rings. The second kappa shape index (κ2) is 6.30. The first-order valence-electron chi connectivity index (χ1n) is 6.34. The monoisotopic (exact) mass is 292 g/mol. The van der Waals surface area contributed by atoms with Gasteiger partial charge in [-0.25, -0.2) is 8.78 Å². The zero-order chi connectivity index (χ0) is 15.4. The van der Waals surface area contributed by atoms with E-state index in [0.29, 0.717) is 12.2 Å². The molecule has 4 nitrogen and oxygen atoms in total. The van der Waals surface area contributed by atoms with Crippen LogP contribution in [0.5, 0.6) is 0 Å². The second-order valence-electron chi connectivity index (χ2n) is 4.62. The van der Waals surface area contributed by atoms with Gasteiger partial charge in [-0.1, -0.05) is 36.4 Å². The molecule has 110 valence electrons. The van der Waals surface area contributed by atoms with Gasteiger partial charge in [-0.15, -0.1) is 0 Å². The van der Waals surface area contributed by atoms with Crippen LogP contribution in [0.4, 0.5) is 20.2 Å². The molecule has 0 amide bonds. The highest BCUT2D eigenvalue weighted by Gasteiger charge is 2.15. The Morgan fingerprint density at radius 1 is 1.19 bits per heavy atom. The van der Waals surface area contributed by atoms with E-state index in [1.807, 2.05) is 0 Å². The summed E-state index contributed by atoms with van der Waals surface area (Å²) >= 11 is 0. The largest absolute Gasteiger partial charge is 0.375 e. The Labute approximate surface area is 120 Å². The molecule has 1 N–H and O–H groups in total. The maximum Gasteiger partial charge on any atom is 0.292 e. The summed E-state index contributed by atoms with van der Waals surface area (Å²) in [5.41, 5.74) is 1.94. The van der Waals surface area contributed by atoms with Gasteiger partial charge in [0, 0.05) is 18.2 Å². The summed E-state index contributed by atoms with van der Waals surface area (Å²) in [6.07, 6.45) is -2.50. The van der Waals surface area contributed by atoms with Crippen LogP contribution in [0.1, 0.15) is 23.1 Å². The third kappa shape index (κ3) is 3.53. The number of rotatable bonds is 5. The molecule has 21 heavy (non-hydrogen) atoms. The molecule has 0 spiro atoms. The number of nitro benzene ring substituents is 1. The molecular formula is C15H14F2N2O2. The number of aryl methyl sites for hydroxylation is 1. The van der Waals surface area contributed by atoms with Gasteiger partial charge in [0.25, 0.3) is 12.1 Å². The van der Waals surface area contributed by atoms with E-state index in [0.717, 1.165) is 11.1 Å². The minimum absolute atomic E-state index is 0.000740. The minimum atomic E-state index is -2.50. The molecule has 2 aromatic rings. The number of para-hydroxylation sites is 1. The van der Waals surface area contributed by atoms with Crippen LogP contribution in [0.3, 0.4) is 0 Å². The van der Waals surface area contributed by atoms with E-state index in [1.54, 1.807) is 31.2 Å². The average Bonchev–Trinajstić information content (AvgIpc) is 2.46. The highest BCUT2D eigenvalue weighted by molar-refractivity contribution is 5.66. The number of hydrogen-bond donors (Lipinski definition) is 1. The van der Waals surface area contributed by atoms with Crippen molar-refractivity contribution in [3.8, 4) is 0 Å². The molecule has 0 aliphatic carbocycles. The summed E-state index contributed by atoms with van der Waals surface area (Å²) in [4.78, 5) is 10.5. The van der Waals surface area contributed by atoms with E-state index in [2.05, 4.69) is 5.32 Å². The van der Waals surface area contributed by atoms with Gasteiger partial charge < -0.3 is 5.32 Å². The number of nitro groups is 1. The van der Waals surface area contributed by atoms with Crippen molar-refractivity contribution in [3.05, 3.63) is 69.3 Å². The molecule has 0 aliphatic heterocycles. The number of alkyl halides is 2. The summed E-state index contributed by atoms with van der Waals surface area (Å²) in [5, 5.41) is 14.0. The maximum atomic E-state index is 12.5. The lowest BCUT2D eigenvalue weighted by Crippen LogP contribution is -2.04. The molecule has 0 unspecified atom stereocenters. The number of halogens is 2. The van der Waals surface area contributed by atoms with E-state index in [4.69, 9.17) is 0 Å². The molecule has 0 heterocycles. The van der Waals surface area contributed by atoms with Crippen LogP contribution in [-0.4, -0.2) is 4.92 Å². The van der Waals surface area contributed by atoms with Crippen LogP contribution >= 0.6 is 0 Å². The fourth-order valence-corrected chi connectivity index (χ4v) is 2.01. The number of nitrogens with one attached hydrogen (secondary N) is 1. The summed E-state index contributed by atoms with van der Waals surface area (Å²) in [6.45, 7) is 2.10. The van der Waals surface area contributed by atoms with Gasteiger partial charge in [0.2, 0.25) is 0 Å². The average molecular weight is 292 g/mol. The van der Waals surface area contributed by atoms with E-state index in [-0.39, 0.29) is 11.3 Å². The van der Waals surface area contributed by atoms with Gasteiger partial charge in [-0.3, -0.25) is 10.1 Å². The van der Waals surface area contributed by atoms with Gasteiger partial charge in [0.1, 0.15) is 5.69 Å². The molecule has 0 atom stereocenters. The normalized spacial score (nSPS) is 10.7. The van der Waals surface area contributed by atoms with Gasteiger partial charge in [-0.2, -0.15) is 0 Å². The molecular weight excluding hydrogens is 278 g/mol. The van der Waals surface area contributed by atoms with Crippen LogP contribution < -0.4 is 5.32 Å². The fraction of sp³-hybridized carbons (Fsp3) is 0.200. The molecule has 0 saturated heterocycles. The highest BCUT2D eigenvalue weighted by atomic mass is 19.3. The van der Waals surface area contributed by atoms with Crippen molar-refractivity contribution in [2.45, 2.75) is 19.9 Å². The highest BCUT2D eigenvalue weighted by Crippen LogP contribution is 2.28. The Morgan fingerprint density at radius 2 is 1.86 bits per heavy atom. The Hall–Kier alpha value is -2.50. The molecule has 2 aromatic carbocycles. The van der Waals surface area contributed by atoms with Crippen molar-refractivity contribution in [1.29, 1.82) is 0 Å². The predicted octanol–water partition coefficient (Wildman–Crippen LogP) is 4.45. The van der Waals surface area contributed by atoms with Gasteiger partial charge >= 0.3 is 0 Å².